The van der Waals surface area contributed by atoms with E-state index < -0.39 is 103 Å². The molecule has 0 aliphatic heterocycles. The summed E-state index contributed by atoms with van der Waals surface area (Å²) in [4.78, 5) is 143. The molecule has 26 heteroatoms. The summed E-state index contributed by atoms with van der Waals surface area (Å²) in [6.45, 7) is 10.2. The maximum absolute atomic E-state index is 12.5. The van der Waals surface area contributed by atoms with Crippen molar-refractivity contribution in [3.63, 3.8) is 0 Å². The summed E-state index contributed by atoms with van der Waals surface area (Å²) in [5.74, 6) is -11.0. The van der Waals surface area contributed by atoms with Gasteiger partial charge >= 0.3 is 29.6 Å². The Labute approximate surface area is 516 Å². The molecule has 1 aromatic rings. The molecule has 78 heavy (non-hydrogen) atoms. The normalized spacial score (nSPS) is 17.8. The predicted octanol–water partition coefficient (Wildman–Crippen LogP) is 6.71. The molecule has 6 aliphatic carbocycles. The van der Waals surface area contributed by atoms with E-state index in [4.69, 9.17) is 9.47 Å². The SMILES string of the molecule is BrBr.C.CC1=C(Br)C(=O)C(C2=C(Br)C(=O)C(C)=C(Br)C2=O)=C(Br)C1=O.CC1=C(O)C(=O)C(C2=C(O)C(=O)C(C)=C(O)C2=O)=C(O)C1=O.CC1=CC(=O)C(C2=CC(=O)C(C)=CC2=O)=CC1=O.COc1ccc(OC)c(C)c1.[Na+].[OH-]. The Bertz CT molecular complexity index is 3020. The molecule has 0 saturated carbocycles. The molecule has 0 saturated heterocycles. The van der Waals surface area contributed by atoms with Crippen molar-refractivity contribution < 1.29 is 122 Å². The van der Waals surface area contributed by atoms with E-state index in [0.717, 1.165) is 43.1 Å². The van der Waals surface area contributed by atoms with Gasteiger partial charge in [0, 0.05) is 72.8 Å². The molecule has 0 bridgehead atoms. The summed E-state index contributed by atoms with van der Waals surface area (Å²) in [6, 6.07) is 5.72. The first-order valence-corrected chi connectivity index (χ1v) is 27.7. The third kappa shape index (κ3) is 15.0. The van der Waals surface area contributed by atoms with Crippen LogP contribution in [0.4, 0.5) is 0 Å². The molecule has 408 valence electrons. The summed E-state index contributed by atoms with van der Waals surface area (Å²) in [7, 11) is 3.32. The van der Waals surface area contributed by atoms with Crippen molar-refractivity contribution >= 4 is 161 Å². The van der Waals surface area contributed by atoms with Gasteiger partial charge in [-0.15, -0.1) is 0 Å². The number of Topliss-reactive ketones (excluding diaryl/α,β-unsaturated/α-hetero) is 8. The van der Waals surface area contributed by atoms with Gasteiger partial charge in [-0.3, -0.25) is 57.5 Å². The monoisotopic (exact) mass is 1470 g/mol. The quantitative estimate of drug-likeness (QED) is 0.176. The molecule has 7 rings (SSSR count). The average molecular weight is 1470 g/mol. The molecule has 0 spiro atoms. The van der Waals surface area contributed by atoms with Crippen molar-refractivity contribution in [3.05, 3.63) is 156 Å². The summed E-state index contributed by atoms with van der Waals surface area (Å²) < 4.78 is 10.2. The number of methoxy groups -OCH3 is 2. The van der Waals surface area contributed by atoms with Gasteiger partial charge in [0.2, 0.25) is 34.7 Å². The number of allylic oxidation sites excluding steroid dienone is 20. The van der Waals surface area contributed by atoms with E-state index in [9.17, 15) is 78.0 Å². The Morgan fingerprint density at radius 1 is 0.397 bits per heavy atom. The number of aryl methyl sites for hydroxylation is 1. The fraction of sp³-hybridized carbons (Fsp3) is 0.192. The predicted molar refractivity (Wildman–Crippen MR) is 300 cm³/mol. The number of halogens is 6. The molecule has 6 aliphatic rings. The molecule has 1 aromatic carbocycles. The molecular weight excluding hydrogens is 1430 g/mol. The number of rotatable bonds is 5. The largest absolute Gasteiger partial charge is 1.00 e. The van der Waals surface area contributed by atoms with Crippen LogP contribution in [0.1, 0.15) is 54.5 Å². The van der Waals surface area contributed by atoms with Gasteiger partial charge in [-0.25, -0.2) is 0 Å². The van der Waals surface area contributed by atoms with Gasteiger partial charge in [0.25, 0.3) is 0 Å². The smallest absolute Gasteiger partial charge is 0.870 e. The molecule has 19 nitrogen and oxygen atoms in total. The van der Waals surface area contributed by atoms with Gasteiger partial charge in [-0.2, -0.15) is 0 Å². The summed E-state index contributed by atoms with van der Waals surface area (Å²) in [5.41, 5.74) is -1.01. The van der Waals surface area contributed by atoms with E-state index in [1.165, 1.54) is 39.8 Å². The fourth-order valence-corrected chi connectivity index (χ4v) is 8.85. The molecule has 0 aromatic heterocycles. The summed E-state index contributed by atoms with van der Waals surface area (Å²) in [6.07, 6.45) is 4.59. The third-order valence-corrected chi connectivity index (χ3v) is 14.6. The summed E-state index contributed by atoms with van der Waals surface area (Å²) >= 11 is 17.8. The second-order valence-corrected chi connectivity index (χ2v) is 19.0. The maximum Gasteiger partial charge on any atom is 1.00 e. The summed E-state index contributed by atoms with van der Waals surface area (Å²) in [5, 5.41) is 38.7. The molecule has 0 radical (unpaired) electrons. The van der Waals surface area contributed by atoms with Crippen molar-refractivity contribution in [2.75, 3.05) is 14.2 Å². The minimum atomic E-state index is -1.32. The van der Waals surface area contributed by atoms with Gasteiger partial charge < -0.3 is 35.4 Å². The molecular formula is C52H43Br6NaO19. The standard InChI is InChI=1S/C14H6Br4O4.C14H10O8.C14H10O4.C9H12O2.CH4.Br2.Na.H2O/c1-3-7(15)13(21)5(9(17)11(3)19)6-10(18)12(20)4(2)8(16)14(6)22;1-3-7(15)11(19)5(12(20)8(3)16)6-13(21)9(17)4(2)10(18)14(6)22;1-7-3-13(17)9(5-11(7)15)10-6-12(16)8(2)4-14(10)18;1-7-6-8(10-2)4-5-9(7)11-3;;1-2;;/h1-2H3;15,17,20,22H,1-2H3;3-6H,1-2H3;4-6H,1-3H3;1H4;;;1H2/q;;;;;;+1;/p-1. The Hall–Kier alpha value is -5.22. The molecule has 0 fully saturated rings. The second kappa shape index (κ2) is 30.4. The van der Waals surface area contributed by atoms with Crippen molar-refractivity contribution in [2.24, 2.45) is 0 Å². The molecule has 0 amide bonds. The molecule has 0 unspecified atom stereocenters. The van der Waals surface area contributed by atoms with Crippen LogP contribution < -0.4 is 39.0 Å². The van der Waals surface area contributed by atoms with Gasteiger partial charge in [-0.05, 0) is 160 Å². The van der Waals surface area contributed by atoms with Crippen molar-refractivity contribution in [3.8, 4) is 11.5 Å². The first kappa shape index (κ1) is 72.8. The number of hydrogen-bond acceptors (Lipinski definition) is 19. The number of hydrogen-bond donors (Lipinski definition) is 4. The van der Waals surface area contributed by atoms with E-state index in [0.29, 0.717) is 11.1 Å². The first-order valence-electron chi connectivity index (χ1n) is 20.8. The Balaban J connectivity index is 0.00000101. The number of aliphatic hydroxyl groups excluding tert-OH is 4. The van der Waals surface area contributed by atoms with Crippen LogP contribution in [-0.2, 0) is 57.5 Å². The van der Waals surface area contributed by atoms with Gasteiger partial charge in [0.15, 0.2) is 57.7 Å². The number of ether oxygens (including phenoxy) is 2. The van der Waals surface area contributed by atoms with E-state index in [1.807, 2.05) is 25.1 Å². The first-order chi connectivity index (χ1) is 34.9. The van der Waals surface area contributed by atoms with Crippen LogP contribution in [0.25, 0.3) is 0 Å². The zero-order valence-electron chi connectivity index (χ0n) is 41.8. The average Bonchev–Trinajstić information content (AvgIpc) is 3.39. The van der Waals surface area contributed by atoms with Crippen LogP contribution in [-0.4, -0.2) is 110 Å². The number of aliphatic hydroxyl groups is 4. The number of ketones is 12. The molecule has 5 N–H and O–H groups in total. The maximum atomic E-state index is 12.5. The second-order valence-electron chi connectivity index (χ2n) is 15.8. The Morgan fingerprint density at radius 3 is 1.03 bits per heavy atom. The van der Waals surface area contributed by atoms with Gasteiger partial charge in [-0.1, -0.05) is 7.43 Å². The van der Waals surface area contributed by atoms with Crippen LogP contribution in [0, 0.1) is 6.92 Å². The van der Waals surface area contributed by atoms with Crippen LogP contribution in [0.15, 0.2) is 150 Å². The van der Waals surface area contributed by atoms with Gasteiger partial charge in [0.1, 0.15) is 11.5 Å². The Morgan fingerprint density at radius 2 is 0.731 bits per heavy atom. The topological polar surface area (TPSA) is 334 Å². The van der Waals surface area contributed by atoms with E-state index in [1.54, 1.807) is 14.2 Å². The molecule has 0 heterocycles. The molecule has 0 atom stereocenters. The number of carbonyl (C=O) groups excluding carboxylic acids is 12. The van der Waals surface area contributed by atoms with Crippen LogP contribution >= 0.6 is 92.0 Å². The Kier molecular flexibility index (Phi) is 28.4. The van der Waals surface area contributed by atoms with Crippen molar-refractivity contribution in [2.45, 2.75) is 55.9 Å². The fourth-order valence-electron chi connectivity index (χ4n) is 6.74. The van der Waals surface area contributed by atoms with E-state index in [2.05, 4.69) is 92.0 Å². The van der Waals surface area contributed by atoms with Crippen molar-refractivity contribution in [1.29, 1.82) is 0 Å². The van der Waals surface area contributed by atoms with E-state index in [-0.39, 0.29) is 105 Å². The number of benzene rings is 1. The number of carbonyl (C=O) groups is 12. The van der Waals surface area contributed by atoms with Crippen molar-refractivity contribution in [1.82, 2.24) is 0 Å². The zero-order chi connectivity index (χ0) is 57.6. The zero-order valence-corrected chi connectivity index (χ0v) is 53.3. The van der Waals surface area contributed by atoms with Gasteiger partial charge in [0.05, 0.1) is 54.4 Å². The third-order valence-electron chi connectivity index (χ3n) is 11.2. The van der Waals surface area contributed by atoms with E-state index >= 15 is 0 Å². The van der Waals surface area contributed by atoms with Crippen LogP contribution in [0.2, 0.25) is 0 Å². The van der Waals surface area contributed by atoms with Crippen LogP contribution in [0.5, 0.6) is 11.5 Å². The minimum Gasteiger partial charge on any atom is -0.870 e. The van der Waals surface area contributed by atoms with Crippen LogP contribution in [0.3, 0.4) is 0 Å². The minimum absolute atomic E-state index is 0.